The van der Waals surface area contributed by atoms with Gasteiger partial charge in [-0.2, -0.15) is 0 Å². The van der Waals surface area contributed by atoms with Gasteiger partial charge >= 0.3 is 0 Å². The topological polar surface area (TPSA) is 64.6 Å². The van der Waals surface area contributed by atoms with Crippen molar-refractivity contribution in [3.05, 3.63) is 0 Å². The molecular weight excluding hydrogens is 253 g/mol. The number of nitrogens with zero attached hydrogens (tertiary/aromatic N) is 1. The lowest BCUT2D eigenvalue weighted by Gasteiger charge is -2.27. The van der Waals surface area contributed by atoms with E-state index in [1.165, 1.54) is 0 Å². The van der Waals surface area contributed by atoms with Crippen LogP contribution in [0, 0.1) is 0 Å². The number of rotatable bonds is 1. The van der Waals surface area contributed by atoms with E-state index < -0.39 is 0 Å². The number of piperazine rings is 1. The summed E-state index contributed by atoms with van der Waals surface area (Å²) in [6.45, 7) is 3.65. The molecule has 2 aliphatic heterocycles. The summed E-state index contributed by atoms with van der Waals surface area (Å²) < 4.78 is 0. The monoisotopic (exact) mass is 271 g/mol. The van der Waals surface area contributed by atoms with Crippen molar-refractivity contribution in [3.63, 3.8) is 0 Å². The molecule has 16 heavy (non-hydrogen) atoms. The molecule has 2 rings (SSSR count). The van der Waals surface area contributed by atoms with Crippen LogP contribution in [0.3, 0.4) is 0 Å². The van der Waals surface area contributed by atoms with Crippen LogP contribution in [0.15, 0.2) is 0 Å². The largest absolute Gasteiger partial charge is 0.391 e. The van der Waals surface area contributed by atoms with E-state index in [1.807, 2.05) is 0 Å². The Kier molecular flexibility index (Phi) is 7.26. The van der Waals surface area contributed by atoms with Gasteiger partial charge in [0.1, 0.15) is 0 Å². The van der Waals surface area contributed by atoms with Crippen LogP contribution in [0.5, 0.6) is 0 Å². The number of amides is 1. The van der Waals surface area contributed by atoms with Gasteiger partial charge in [0.25, 0.3) is 0 Å². The molecule has 7 heteroatoms. The van der Waals surface area contributed by atoms with E-state index >= 15 is 0 Å². The van der Waals surface area contributed by atoms with Crippen molar-refractivity contribution in [2.24, 2.45) is 0 Å². The highest BCUT2D eigenvalue weighted by Crippen LogP contribution is 2.10. The van der Waals surface area contributed by atoms with E-state index in [-0.39, 0.29) is 42.9 Å². The van der Waals surface area contributed by atoms with Gasteiger partial charge in [-0.15, -0.1) is 24.8 Å². The molecule has 2 unspecified atom stereocenters. The van der Waals surface area contributed by atoms with Crippen LogP contribution >= 0.6 is 24.8 Å². The number of halogens is 2. The van der Waals surface area contributed by atoms with Crippen molar-refractivity contribution in [2.75, 3.05) is 32.7 Å². The van der Waals surface area contributed by atoms with Crippen LogP contribution in [0.1, 0.15) is 6.42 Å². The maximum Gasteiger partial charge on any atom is 0.241 e. The summed E-state index contributed by atoms with van der Waals surface area (Å²) in [6, 6.07) is -0.103. The third kappa shape index (κ3) is 3.75. The molecule has 2 heterocycles. The Labute approximate surface area is 108 Å². The maximum atomic E-state index is 11.9. The average molecular weight is 272 g/mol. The Morgan fingerprint density at radius 1 is 1.31 bits per heavy atom. The van der Waals surface area contributed by atoms with Gasteiger partial charge in [-0.1, -0.05) is 0 Å². The van der Waals surface area contributed by atoms with Gasteiger partial charge in [0.15, 0.2) is 0 Å². The summed E-state index contributed by atoms with van der Waals surface area (Å²) in [6.07, 6.45) is 0.391. The van der Waals surface area contributed by atoms with E-state index in [9.17, 15) is 9.90 Å². The summed E-state index contributed by atoms with van der Waals surface area (Å²) in [7, 11) is 0. The first-order valence-electron chi connectivity index (χ1n) is 5.18. The minimum atomic E-state index is -0.324. The lowest BCUT2D eigenvalue weighted by atomic mass is 10.2. The predicted molar refractivity (Wildman–Crippen MR) is 66.4 cm³/mol. The Morgan fingerprint density at radius 3 is 2.56 bits per heavy atom. The van der Waals surface area contributed by atoms with E-state index in [1.54, 1.807) is 4.90 Å². The molecule has 1 amide bonds. The van der Waals surface area contributed by atoms with Gasteiger partial charge in [-0.3, -0.25) is 4.79 Å². The SMILES string of the molecule is Cl.Cl.O=C(C1CNCCN1)N1CCC(O)C1. The summed E-state index contributed by atoms with van der Waals surface area (Å²) in [5.74, 6) is 0.119. The van der Waals surface area contributed by atoms with Gasteiger partial charge in [-0.25, -0.2) is 0 Å². The van der Waals surface area contributed by atoms with Gasteiger partial charge in [0, 0.05) is 32.7 Å². The standard InChI is InChI=1S/C9H17N3O2.2ClH/c13-7-1-4-12(6-7)9(14)8-5-10-2-3-11-8;;/h7-8,10-11,13H,1-6H2;2*1H. The number of hydrogen-bond donors (Lipinski definition) is 3. The molecule has 5 nitrogen and oxygen atoms in total. The number of hydrogen-bond acceptors (Lipinski definition) is 4. The fourth-order valence-corrected chi connectivity index (χ4v) is 1.99. The normalized spacial score (nSPS) is 29.2. The molecule has 2 aliphatic rings. The first-order chi connectivity index (χ1) is 6.77. The van der Waals surface area contributed by atoms with Crippen LogP contribution in [0.2, 0.25) is 0 Å². The molecule has 2 saturated heterocycles. The number of aliphatic hydroxyl groups excluding tert-OH is 1. The zero-order valence-electron chi connectivity index (χ0n) is 9.02. The zero-order chi connectivity index (χ0) is 9.97. The molecule has 0 aromatic rings. The summed E-state index contributed by atoms with van der Waals surface area (Å²) in [5, 5.41) is 15.7. The van der Waals surface area contributed by atoms with Gasteiger partial charge in [0.05, 0.1) is 12.1 Å². The van der Waals surface area contributed by atoms with E-state index in [0.717, 1.165) is 13.1 Å². The predicted octanol–water partition coefficient (Wildman–Crippen LogP) is -1.02. The summed E-state index contributed by atoms with van der Waals surface area (Å²) in [4.78, 5) is 13.6. The second-order valence-electron chi connectivity index (χ2n) is 3.94. The number of β-amino-alcohol motifs (C(OH)–C–C–N with tert-alkyl or cyclic N) is 1. The van der Waals surface area contributed by atoms with Crippen LogP contribution in [-0.4, -0.2) is 60.8 Å². The molecule has 0 aliphatic carbocycles. The lowest BCUT2D eigenvalue weighted by molar-refractivity contribution is -0.132. The van der Waals surface area contributed by atoms with E-state index in [2.05, 4.69) is 10.6 Å². The van der Waals surface area contributed by atoms with Gasteiger partial charge < -0.3 is 20.6 Å². The number of likely N-dealkylation sites (tertiary alicyclic amines) is 1. The van der Waals surface area contributed by atoms with Gasteiger partial charge in [-0.05, 0) is 6.42 Å². The smallest absolute Gasteiger partial charge is 0.241 e. The fourth-order valence-electron chi connectivity index (χ4n) is 1.99. The molecule has 0 aromatic carbocycles. The van der Waals surface area contributed by atoms with Crippen LogP contribution in [0.4, 0.5) is 0 Å². The highest BCUT2D eigenvalue weighted by molar-refractivity contribution is 5.85. The Balaban J connectivity index is 0.00000112. The maximum absolute atomic E-state index is 11.9. The second kappa shape index (κ2) is 7.29. The lowest BCUT2D eigenvalue weighted by Crippen LogP contribution is -2.56. The Bertz CT molecular complexity index is 218. The number of nitrogens with one attached hydrogen (secondary N) is 2. The zero-order valence-corrected chi connectivity index (χ0v) is 10.6. The van der Waals surface area contributed by atoms with E-state index in [4.69, 9.17) is 0 Å². The Hall–Kier alpha value is -0.0700. The van der Waals surface area contributed by atoms with Gasteiger partial charge in [0.2, 0.25) is 5.91 Å². The quantitative estimate of drug-likeness (QED) is 0.572. The van der Waals surface area contributed by atoms with Crippen molar-refractivity contribution in [1.29, 1.82) is 0 Å². The molecule has 0 spiro atoms. The Morgan fingerprint density at radius 2 is 2.06 bits per heavy atom. The highest BCUT2D eigenvalue weighted by Gasteiger charge is 2.30. The molecule has 2 atom stereocenters. The molecule has 0 aromatic heterocycles. The van der Waals surface area contributed by atoms with E-state index in [0.29, 0.717) is 26.1 Å². The molecule has 0 radical (unpaired) electrons. The third-order valence-electron chi connectivity index (χ3n) is 2.81. The minimum absolute atomic E-state index is 0. The number of carbonyl (C=O) groups excluding carboxylic acids is 1. The number of carbonyl (C=O) groups is 1. The molecule has 2 fully saturated rings. The first-order valence-corrected chi connectivity index (χ1v) is 5.18. The molecule has 0 bridgehead atoms. The van der Waals surface area contributed by atoms with Crippen molar-refractivity contribution in [2.45, 2.75) is 18.6 Å². The third-order valence-corrected chi connectivity index (χ3v) is 2.81. The molecular formula is C9H19Cl2N3O2. The van der Waals surface area contributed by atoms with Crippen molar-refractivity contribution in [3.8, 4) is 0 Å². The number of aliphatic hydroxyl groups is 1. The molecule has 3 N–H and O–H groups in total. The van der Waals surface area contributed by atoms with Crippen LogP contribution in [-0.2, 0) is 4.79 Å². The fraction of sp³-hybridized carbons (Fsp3) is 0.889. The van der Waals surface area contributed by atoms with Crippen molar-refractivity contribution < 1.29 is 9.90 Å². The molecule has 96 valence electrons. The molecule has 0 saturated carbocycles. The average Bonchev–Trinajstić information content (AvgIpc) is 2.65. The minimum Gasteiger partial charge on any atom is -0.391 e. The van der Waals surface area contributed by atoms with Crippen LogP contribution < -0.4 is 10.6 Å². The first kappa shape index (κ1) is 15.9. The summed E-state index contributed by atoms with van der Waals surface area (Å²) >= 11 is 0. The second-order valence-corrected chi connectivity index (χ2v) is 3.94. The highest BCUT2D eigenvalue weighted by atomic mass is 35.5. The van der Waals surface area contributed by atoms with Crippen LogP contribution in [0.25, 0.3) is 0 Å². The summed E-state index contributed by atoms with van der Waals surface area (Å²) in [5.41, 5.74) is 0. The van der Waals surface area contributed by atoms with Crippen molar-refractivity contribution >= 4 is 30.7 Å². The van der Waals surface area contributed by atoms with Crippen molar-refractivity contribution in [1.82, 2.24) is 15.5 Å².